The van der Waals surface area contributed by atoms with Crippen molar-refractivity contribution in [2.75, 3.05) is 40.9 Å². The Morgan fingerprint density at radius 2 is 1.94 bits per heavy atom. The predicted molar refractivity (Wildman–Crippen MR) is 138 cm³/mol. The van der Waals surface area contributed by atoms with Crippen molar-refractivity contribution in [1.29, 1.82) is 0 Å². The van der Waals surface area contributed by atoms with Gasteiger partial charge in [0.2, 0.25) is 0 Å². The number of benzene rings is 1. The Morgan fingerprint density at radius 1 is 1.25 bits per heavy atom. The summed E-state index contributed by atoms with van der Waals surface area (Å²) in [6, 6.07) is 6.39. The molecular weight excluding hydrogens is 521 g/mol. The summed E-state index contributed by atoms with van der Waals surface area (Å²) in [5.41, 5.74) is 3.31. The fourth-order valence-electron chi connectivity index (χ4n) is 4.24. The molecule has 2 heterocycles. The summed E-state index contributed by atoms with van der Waals surface area (Å²) in [5.74, 6) is 3.64. The zero-order chi connectivity index (χ0) is 22.4. The fraction of sp³-hybridized carbons (Fsp3) is 0.565. The van der Waals surface area contributed by atoms with E-state index in [1.54, 1.807) is 14.2 Å². The molecule has 0 spiro atoms. The Bertz CT molecular complexity index is 860. The first-order valence-electron chi connectivity index (χ1n) is 10.8. The highest BCUT2D eigenvalue weighted by Gasteiger charge is 2.24. The van der Waals surface area contributed by atoms with Gasteiger partial charge in [-0.05, 0) is 38.0 Å². The number of nitrogens with one attached hydrogen (secondary N) is 2. The van der Waals surface area contributed by atoms with Crippen molar-refractivity contribution in [2.45, 2.75) is 45.7 Å². The Balaban J connectivity index is 0.00000363. The van der Waals surface area contributed by atoms with Crippen LogP contribution >= 0.6 is 24.0 Å². The van der Waals surface area contributed by atoms with Gasteiger partial charge in [-0.3, -0.25) is 9.89 Å². The van der Waals surface area contributed by atoms with E-state index >= 15 is 0 Å². The lowest BCUT2D eigenvalue weighted by atomic mass is 10.00. The van der Waals surface area contributed by atoms with E-state index in [4.69, 9.17) is 14.0 Å². The number of aromatic nitrogens is 1. The molecule has 9 heteroatoms. The predicted octanol–water partition coefficient (Wildman–Crippen LogP) is 3.47. The van der Waals surface area contributed by atoms with Gasteiger partial charge in [-0.2, -0.15) is 0 Å². The second-order valence-corrected chi connectivity index (χ2v) is 8.18. The molecule has 1 saturated heterocycles. The minimum absolute atomic E-state index is 0. The van der Waals surface area contributed by atoms with Crippen molar-refractivity contribution < 1.29 is 14.0 Å². The number of likely N-dealkylation sites (tertiary alicyclic amines) is 1. The van der Waals surface area contributed by atoms with E-state index in [-0.39, 0.29) is 29.9 Å². The zero-order valence-corrected chi connectivity index (χ0v) is 22.2. The summed E-state index contributed by atoms with van der Waals surface area (Å²) >= 11 is 0. The van der Waals surface area contributed by atoms with Gasteiger partial charge in [-0.15, -0.1) is 24.0 Å². The lowest BCUT2D eigenvalue weighted by Gasteiger charge is -2.20. The van der Waals surface area contributed by atoms with Crippen molar-refractivity contribution in [3.8, 4) is 11.5 Å². The summed E-state index contributed by atoms with van der Waals surface area (Å²) in [5, 5.41) is 11.1. The molecule has 8 nitrogen and oxygen atoms in total. The molecule has 0 saturated carbocycles. The third kappa shape index (κ3) is 6.74. The molecule has 2 unspecified atom stereocenters. The molecule has 0 bridgehead atoms. The van der Waals surface area contributed by atoms with Crippen LogP contribution in [0.2, 0.25) is 0 Å². The van der Waals surface area contributed by atoms with Crippen molar-refractivity contribution in [3.63, 3.8) is 0 Å². The van der Waals surface area contributed by atoms with Gasteiger partial charge in [0.1, 0.15) is 17.3 Å². The van der Waals surface area contributed by atoms with Crippen LogP contribution in [0.15, 0.2) is 27.7 Å². The summed E-state index contributed by atoms with van der Waals surface area (Å²) in [4.78, 5) is 6.84. The van der Waals surface area contributed by atoms with Crippen LogP contribution < -0.4 is 20.1 Å². The average Bonchev–Trinajstić information content (AvgIpc) is 3.35. The van der Waals surface area contributed by atoms with Crippen molar-refractivity contribution in [2.24, 2.45) is 4.99 Å². The van der Waals surface area contributed by atoms with Gasteiger partial charge >= 0.3 is 0 Å². The monoisotopic (exact) mass is 557 g/mol. The minimum atomic E-state index is 0. The maximum Gasteiger partial charge on any atom is 0.191 e. The van der Waals surface area contributed by atoms with E-state index in [0.29, 0.717) is 6.04 Å². The number of guanidine groups is 1. The zero-order valence-electron chi connectivity index (χ0n) is 19.9. The highest BCUT2D eigenvalue weighted by molar-refractivity contribution is 14.0. The van der Waals surface area contributed by atoms with Crippen LogP contribution in [-0.2, 0) is 6.54 Å². The lowest BCUT2D eigenvalue weighted by Crippen LogP contribution is -2.45. The normalized spacial score (nSPS) is 17.6. The number of methoxy groups -OCH3 is 2. The van der Waals surface area contributed by atoms with E-state index in [9.17, 15) is 0 Å². The van der Waals surface area contributed by atoms with E-state index < -0.39 is 0 Å². The quantitative estimate of drug-likeness (QED) is 0.292. The Labute approximate surface area is 208 Å². The topological polar surface area (TPSA) is 84.2 Å². The average molecular weight is 557 g/mol. The maximum absolute atomic E-state index is 5.39. The minimum Gasteiger partial charge on any atom is -0.497 e. The molecule has 0 aliphatic carbocycles. The Hall–Kier alpha value is -2.01. The van der Waals surface area contributed by atoms with E-state index in [2.05, 4.69) is 44.7 Å². The van der Waals surface area contributed by atoms with Gasteiger partial charge in [-0.25, -0.2) is 0 Å². The van der Waals surface area contributed by atoms with Gasteiger partial charge in [0.05, 0.1) is 19.9 Å². The van der Waals surface area contributed by atoms with E-state index in [0.717, 1.165) is 61.5 Å². The summed E-state index contributed by atoms with van der Waals surface area (Å²) in [6.07, 6.45) is 1.07. The Kier molecular flexibility index (Phi) is 10.1. The molecule has 2 aromatic rings. The third-order valence-electron chi connectivity index (χ3n) is 5.81. The van der Waals surface area contributed by atoms with Crippen LogP contribution in [0.25, 0.3) is 0 Å². The van der Waals surface area contributed by atoms with Gasteiger partial charge in [0, 0.05) is 56.8 Å². The van der Waals surface area contributed by atoms with E-state index in [1.165, 1.54) is 11.1 Å². The molecule has 1 aromatic carbocycles. The van der Waals surface area contributed by atoms with Gasteiger partial charge in [-0.1, -0.05) is 12.1 Å². The molecule has 32 heavy (non-hydrogen) atoms. The molecule has 1 aromatic heterocycles. The third-order valence-corrected chi connectivity index (χ3v) is 5.81. The Morgan fingerprint density at radius 3 is 2.50 bits per heavy atom. The number of hydrogen-bond donors (Lipinski definition) is 2. The number of aliphatic imine (C=N–C) groups is 1. The first-order valence-corrected chi connectivity index (χ1v) is 10.8. The fourth-order valence-corrected chi connectivity index (χ4v) is 4.24. The molecular formula is C23H36IN5O3. The summed E-state index contributed by atoms with van der Waals surface area (Å²) in [6.45, 7) is 9.74. The number of nitrogens with zero attached hydrogens (tertiary/aromatic N) is 3. The highest BCUT2D eigenvalue weighted by atomic mass is 127. The number of rotatable bonds is 8. The van der Waals surface area contributed by atoms with Crippen molar-refractivity contribution in [3.05, 3.63) is 40.8 Å². The highest BCUT2D eigenvalue weighted by Crippen LogP contribution is 2.25. The first-order chi connectivity index (χ1) is 14.9. The molecule has 1 aliphatic heterocycles. The second-order valence-electron chi connectivity index (χ2n) is 8.18. The second kappa shape index (κ2) is 12.3. The molecule has 2 atom stereocenters. The van der Waals surface area contributed by atoms with Crippen molar-refractivity contribution >= 4 is 29.9 Å². The van der Waals surface area contributed by atoms with Gasteiger partial charge < -0.3 is 24.6 Å². The van der Waals surface area contributed by atoms with Crippen LogP contribution in [0.4, 0.5) is 0 Å². The van der Waals surface area contributed by atoms with Crippen LogP contribution in [0, 0.1) is 13.8 Å². The molecule has 178 valence electrons. The molecule has 2 N–H and O–H groups in total. The smallest absolute Gasteiger partial charge is 0.191 e. The van der Waals surface area contributed by atoms with E-state index in [1.807, 2.05) is 27.0 Å². The van der Waals surface area contributed by atoms with Gasteiger partial charge in [0.15, 0.2) is 5.96 Å². The van der Waals surface area contributed by atoms with Crippen LogP contribution in [-0.4, -0.2) is 63.0 Å². The standard InChI is InChI=1S/C23H35N5O3.HI/c1-15(22-16(2)27-31-17(22)3)12-25-23(24-4)26-19-7-8-28(14-19)13-18-9-20(29-5)11-21(10-18)30-6;/h9-11,15,19H,7-8,12-14H2,1-6H3,(H2,24,25,26);1H. The number of hydrogen-bond acceptors (Lipinski definition) is 6. The largest absolute Gasteiger partial charge is 0.497 e. The molecule has 0 radical (unpaired) electrons. The lowest BCUT2D eigenvalue weighted by molar-refractivity contribution is 0.321. The molecule has 3 rings (SSSR count). The number of ether oxygens (including phenoxy) is 2. The van der Waals surface area contributed by atoms with Gasteiger partial charge in [0.25, 0.3) is 0 Å². The number of halogens is 1. The summed E-state index contributed by atoms with van der Waals surface area (Å²) in [7, 11) is 5.17. The SMILES string of the molecule is CN=C(NCC(C)c1c(C)noc1C)NC1CCN(Cc2cc(OC)cc(OC)c2)C1.I. The number of aryl methyl sites for hydroxylation is 2. The van der Waals surface area contributed by atoms with Crippen LogP contribution in [0.3, 0.4) is 0 Å². The van der Waals surface area contributed by atoms with Crippen molar-refractivity contribution in [1.82, 2.24) is 20.7 Å². The maximum atomic E-state index is 5.39. The van der Waals surface area contributed by atoms with Crippen LogP contribution in [0.1, 0.15) is 41.8 Å². The molecule has 1 fully saturated rings. The molecule has 1 aliphatic rings. The van der Waals surface area contributed by atoms with Crippen LogP contribution in [0.5, 0.6) is 11.5 Å². The first kappa shape index (κ1) is 26.2. The molecule has 0 amide bonds. The summed E-state index contributed by atoms with van der Waals surface area (Å²) < 4.78 is 16.1.